The number of thiophene rings is 2. The van der Waals surface area contributed by atoms with E-state index in [1.54, 1.807) is 24.4 Å². The van der Waals surface area contributed by atoms with Crippen molar-refractivity contribution in [1.29, 1.82) is 0 Å². The largest absolute Gasteiger partial charge is 0.465 e. The van der Waals surface area contributed by atoms with E-state index >= 15 is 0 Å². The molecule has 1 fully saturated rings. The third-order valence-electron chi connectivity index (χ3n) is 5.06. The molecule has 3 rings (SSSR count). The lowest BCUT2D eigenvalue weighted by Gasteiger charge is -2.30. The molecule has 0 aliphatic carbocycles. The Labute approximate surface area is 188 Å². The molecule has 0 atom stereocenters. The number of amides is 1. The molecule has 1 aliphatic heterocycles. The summed E-state index contributed by atoms with van der Waals surface area (Å²) in [4.78, 5) is 37.2. The van der Waals surface area contributed by atoms with Gasteiger partial charge < -0.3 is 14.8 Å². The van der Waals surface area contributed by atoms with Crippen LogP contribution in [0.1, 0.15) is 38.4 Å². The molecule has 0 saturated carbocycles. The van der Waals surface area contributed by atoms with Crippen molar-refractivity contribution in [2.75, 3.05) is 32.6 Å². The predicted molar refractivity (Wildman–Crippen MR) is 116 cm³/mol. The van der Waals surface area contributed by atoms with Gasteiger partial charge in [0.05, 0.1) is 19.8 Å². The molecular weight excluding hydrogens is 464 g/mol. The first kappa shape index (κ1) is 23.4. The second-order valence-corrected chi connectivity index (χ2v) is 11.0. The molecule has 0 bridgehead atoms. The average Bonchev–Trinajstić information content (AvgIpc) is 3.42. The number of esters is 2. The van der Waals surface area contributed by atoms with Gasteiger partial charge >= 0.3 is 11.9 Å². The van der Waals surface area contributed by atoms with Crippen LogP contribution in [0.2, 0.25) is 0 Å². The average molecular weight is 487 g/mol. The Morgan fingerprint density at radius 2 is 1.77 bits per heavy atom. The number of carbonyl (C=O) groups excluding carboxylic acids is 3. The lowest BCUT2D eigenvalue weighted by atomic mass is 9.97. The molecule has 0 aromatic carbocycles. The summed E-state index contributed by atoms with van der Waals surface area (Å²) in [6, 6.07) is 3.24. The van der Waals surface area contributed by atoms with Gasteiger partial charge in [0.2, 0.25) is 5.91 Å². The number of anilines is 1. The standard InChI is InChI=1S/C19H22N2O7S3/c1-11-14(18(23)27-2)17(30-15(11)19(24)28-3)20-16(22)12-6-8-21(9-7-12)31(25,26)13-5-4-10-29-13/h4-5,10,12H,6-9H2,1-3H3,(H,20,22). The molecule has 9 nitrogen and oxygen atoms in total. The Balaban J connectivity index is 1.73. The summed E-state index contributed by atoms with van der Waals surface area (Å²) in [5.74, 6) is -2.04. The lowest BCUT2D eigenvalue weighted by molar-refractivity contribution is -0.120. The van der Waals surface area contributed by atoms with Crippen LogP contribution in [0.5, 0.6) is 0 Å². The summed E-state index contributed by atoms with van der Waals surface area (Å²) in [6.45, 7) is 2.02. The Hall–Kier alpha value is -2.28. The second kappa shape index (κ2) is 9.47. The first-order valence-electron chi connectivity index (χ1n) is 9.35. The molecule has 2 aromatic rings. The fourth-order valence-electron chi connectivity index (χ4n) is 3.35. The highest BCUT2D eigenvalue weighted by Crippen LogP contribution is 2.35. The van der Waals surface area contributed by atoms with Crippen LogP contribution < -0.4 is 5.32 Å². The van der Waals surface area contributed by atoms with Gasteiger partial charge in [-0.05, 0) is 36.8 Å². The van der Waals surface area contributed by atoms with E-state index in [1.165, 1.54) is 18.5 Å². The summed E-state index contributed by atoms with van der Waals surface area (Å²) in [5.41, 5.74) is 0.481. The number of nitrogens with one attached hydrogen (secondary N) is 1. The van der Waals surface area contributed by atoms with Gasteiger partial charge in [-0.3, -0.25) is 4.79 Å². The van der Waals surface area contributed by atoms with Crippen molar-refractivity contribution in [2.45, 2.75) is 24.0 Å². The smallest absolute Gasteiger partial charge is 0.348 e. The number of ether oxygens (including phenoxy) is 2. The van der Waals surface area contributed by atoms with Gasteiger partial charge in [0.15, 0.2) is 0 Å². The molecule has 1 saturated heterocycles. The Morgan fingerprint density at radius 3 is 2.32 bits per heavy atom. The van der Waals surface area contributed by atoms with Crippen LogP contribution in [0, 0.1) is 12.8 Å². The Morgan fingerprint density at radius 1 is 1.13 bits per heavy atom. The van der Waals surface area contributed by atoms with Crippen molar-refractivity contribution in [3.63, 3.8) is 0 Å². The van der Waals surface area contributed by atoms with E-state index in [0.717, 1.165) is 22.7 Å². The van der Waals surface area contributed by atoms with Crippen molar-refractivity contribution in [2.24, 2.45) is 5.92 Å². The molecule has 2 aromatic heterocycles. The van der Waals surface area contributed by atoms with Crippen LogP contribution in [-0.2, 0) is 24.3 Å². The summed E-state index contributed by atoms with van der Waals surface area (Å²) >= 11 is 2.10. The zero-order valence-corrected chi connectivity index (χ0v) is 19.6. The minimum Gasteiger partial charge on any atom is -0.465 e. The molecule has 0 spiro atoms. The van der Waals surface area contributed by atoms with Crippen LogP contribution in [0.3, 0.4) is 0 Å². The summed E-state index contributed by atoms with van der Waals surface area (Å²) in [7, 11) is -1.11. The van der Waals surface area contributed by atoms with Crippen LogP contribution in [0.4, 0.5) is 5.00 Å². The molecule has 1 aliphatic rings. The lowest BCUT2D eigenvalue weighted by Crippen LogP contribution is -2.41. The zero-order valence-electron chi connectivity index (χ0n) is 17.2. The van der Waals surface area contributed by atoms with Crippen molar-refractivity contribution in [3.05, 3.63) is 33.5 Å². The van der Waals surface area contributed by atoms with Crippen LogP contribution in [0.25, 0.3) is 0 Å². The minimum absolute atomic E-state index is 0.110. The van der Waals surface area contributed by atoms with Crippen LogP contribution >= 0.6 is 22.7 Å². The first-order valence-corrected chi connectivity index (χ1v) is 12.5. The molecule has 1 N–H and O–H groups in total. The number of methoxy groups -OCH3 is 2. The molecule has 12 heteroatoms. The maximum Gasteiger partial charge on any atom is 0.348 e. The second-order valence-electron chi connectivity index (χ2n) is 6.84. The van der Waals surface area contributed by atoms with Gasteiger partial charge in [-0.25, -0.2) is 18.0 Å². The van der Waals surface area contributed by atoms with Crippen molar-refractivity contribution in [3.8, 4) is 0 Å². The van der Waals surface area contributed by atoms with Gasteiger partial charge in [0.1, 0.15) is 14.1 Å². The van der Waals surface area contributed by atoms with E-state index in [-0.39, 0.29) is 38.6 Å². The maximum absolute atomic E-state index is 12.8. The van der Waals surface area contributed by atoms with Crippen LogP contribution in [-0.4, -0.2) is 57.9 Å². The number of rotatable bonds is 6. The number of hydrogen-bond acceptors (Lipinski definition) is 9. The van der Waals surface area contributed by atoms with E-state index < -0.39 is 27.9 Å². The molecular formula is C19H22N2O7S3. The molecule has 0 unspecified atom stereocenters. The minimum atomic E-state index is -3.55. The third-order valence-corrected chi connectivity index (χ3v) is 9.52. The highest BCUT2D eigenvalue weighted by atomic mass is 32.2. The quantitative estimate of drug-likeness (QED) is 0.624. The Kier molecular flexibility index (Phi) is 7.14. The van der Waals surface area contributed by atoms with Gasteiger partial charge in [0.25, 0.3) is 10.0 Å². The molecule has 3 heterocycles. The molecule has 0 radical (unpaired) electrons. The Bertz CT molecular complexity index is 1080. The van der Waals surface area contributed by atoms with E-state index in [4.69, 9.17) is 9.47 Å². The number of hydrogen-bond donors (Lipinski definition) is 1. The third kappa shape index (κ3) is 4.66. The normalized spacial score (nSPS) is 15.5. The van der Waals surface area contributed by atoms with Gasteiger partial charge in [-0.15, -0.1) is 22.7 Å². The highest BCUT2D eigenvalue weighted by Gasteiger charge is 2.34. The summed E-state index contributed by atoms with van der Waals surface area (Å²) in [6.07, 6.45) is 0.691. The van der Waals surface area contributed by atoms with E-state index in [2.05, 4.69) is 5.32 Å². The SMILES string of the molecule is COC(=O)c1sc(NC(=O)C2CCN(S(=O)(=O)c3cccs3)CC2)c(C(=O)OC)c1C. The van der Waals surface area contributed by atoms with Crippen molar-refractivity contribution >= 4 is 55.5 Å². The maximum atomic E-state index is 12.8. The summed E-state index contributed by atoms with van der Waals surface area (Å²) < 4.78 is 36.5. The number of nitrogens with zero attached hydrogens (tertiary/aromatic N) is 1. The number of piperidine rings is 1. The predicted octanol–water partition coefficient (Wildman–Crippen LogP) is 2.73. The zero-order chi connectivity index (χ0) is 22.8. The molecule has 168 valence electrons. The summed E-state index contributed by atoms with van der Waals surface area (Å²) in [5, 5.41) is 4.64. The number of carbonyl (C=O) groups is 3. The molecule has 31 heavy (non-hydrogen) atoms. The van der Waals surface area contributed by atoms with E-state index in [1.807, 2.05) is 0 Å². The van der Waals surface area contributed by atoms with Gasteiger partial charge in [-0.1, -0.05) is 6.07 Å². The number of sulfonamides is 1. The van der Waals surface area contributed by atoms with E-state index in [9.17, 15) is 22.8 Å². The topological polar surface area (TPSA) is 119 Å². The fraction of sp³-hybridized carbons (Fsp3) is 0.421. The fourth-order valence-corrected chi connectivity index (χ4v) is 7.08. The van der Waals surface area contributed by atoms with Gasteiger partial charge in [-0.2, -0.15) is 4.31 Å². The van der Waals surface area contributed by atoms with E-state index in [0.29, 0.717) is 18.4 Å². The first-order chi connectivity index (χ1) is 14.7. The van der Waals surface area contributed by atoms with Crippen LogP contribution in [0.15, 0.2) is 21.7 Å². The molecule has 1 amide bonds. The van der Waals surface area contributed by atoms with Gasteiger partial charge in [0, 0.05) is 19.0 Å². The highest BCUT2D eigenvalue weighted by molar-refractivity contribution is 7.91. The van der Waals surface area contributed by atoms with Crippen molar-refractivity contribution in [1.82, 2.24) is 4.31 Å². The monoisotopic (exact) mass is 486 g/mol. The van der Waals surface area contributed by atoms with Crippen molar-refractivity contribution < 1.29 is 32.3 Å².